The summed E-state index contributed by atoms with van der Waals surface area (Å²) in [5, 5.41) is 3.77. The SMILES string of the molecule is CCC1CNC(CC(C)C)CN1CCCC1CCCC1. The van der Waals surface area contributed by atoms with E-state index in [1.54, 1.807) is 0 Å². The van der Waals surface area contributed by atoms with Gasteiger partial charge in [-0.15, -0.1) is 0 Å². The Morgan fingerprint density at radius 1 is 1.20 bits per heavy atom. The summed E-state index contributed by atoms with van der Waals surface area (Å²) in [5.41, 5.74) is 0. The second kappa shape index (κ2) is 8.38. The van der Waals surface area contributed by atoms with Crippen molar-refractivity contribution in [1.82, 2.24) is 10.2 Å². The van der Waals surface area contributed by atoms with Crippen LogP contribution in [0.3, 0.4) is 0 Å². The Labute approximate surface area is 126 Å². The quantitative estimate of drug-likeness (QED) is 0.756. The molecule has 0 spiro atoms. The molecule has 0 aromatic rings. The molecule has 118 valence electrons. The van der Waals surface area contributed by atoms with Crippen molar-refractivity contribution in [2.45, 2.75) is 84.2 Å². The van der Waals surface area contributed by atoms with Gasteiger partial charge in [0.2, 0.25) is 0 Å². The minimum Gasteiger partial charge on any atom is -0.311 e. The van der Waals surface area contributed by atoms with Crippen LogP contribution in [-0.2, 0) is 0 Å². The van der Waals surface area contributed by atoms with Crippen LogP contribution in [0.1, 0.15) is 72.1 Å². The molecular formula is C18H36N2. The molecule has 2 fully saturated rings. The average molecular weight is 280 g/mol. The van der Waals surface area contributed by atoms with Gasteiger partial charge in [0.1, 0.15) is 0 Å². The highest BCUT2D eigenvalue weighted by Crippen LogP contribution is 2.28. The molecule has 0 amide bonds. The number of hydrogen-bond acceptors (Lipinski definition) is 2. The fourth-order valence-corrected chi connectivity index (χ4v) is 4.21. The largest absolute Gasteiger partial charge is 0.311 e. The van der Waals surface area contributed by atoms with Crippen molar-refractivity contribution in [2.24, 2.45) is 11.8 Å². The molecule has 20 heavy (non-hydrogen) atoms. The molecule has 1 heterocycles. The number of piperazine rings is 1. The van der Waals surface area contributed by atoms with Crippen LogP contribution in [0.2, 0.25) is 0 Å². The van der Waals surface area contributed by atoms with Gasteiger partial charge in [0.15, 0.2) is 0 Å². The standard InChI is InChI=1S/C18H36N2/c1-4-18-13-19-17(12-15(2)3)14-20(18)11-7-10-16-8-5-6-9-16/h15-19H,4-14H2,1-3H3. The molecule has 1 saturated carbocycles. The summed E-state index contributed by atoms with van der Waals surface area (Å²) < 4.78 is 0. The maximum absolute atomic E-state index is 3.77. The summed E-state index contributed by atoms with van der Waals surface area (Å²) in [5.74, 6) is 1.87. The highest BCUT2D eigenvalue weighted by molar-refractivity contribution is 4.86. The maximum Gasteiger partial charge on any atom is 0.0218 e. The van der Waals surface area contributed by atoms with Crippen LogP contribution in [0.15, 0.2) is 0 Å². The fourth-order valence-electron chi connectivity index (χ4n) is 4.21. The molecule has 0 bridgehead atoms. The lowest BCUT2D eigenvalue weighted by Gasteiger charge is -2.41. The molecule has 0 aromatic carbocycles. The molecule has 2 aliphatic rings. The molecule has 2 heteroatoms. The van der Waals surface area contributed by atoms with Crippen LogP contribution in [0, 0.1) is 11.8 Å². The summed E-state index contributed by atoms with van der Waals surface area (Å²) in [7, 11) is 0. The van der Waals surface area contributed by atoms with Crippen molar-refractivity contribution in [3.8, 4) is 0 Å². The van der Waals surface area contributed by atoms with Crippen LogP contribution in [0.4, 0.5) is 0 Å². The van der Waals surface area contributed by atoms with Crippen LogP contribution in [0.25, 0.3) is 0 Å². The van der Waals surface area contributed by atoms with Gasteiger partial charge in [0.25, 0.3) is 0 Å². The van der Waals surface area contributed by atoms with Gasteiger partial charge < -0.3 is 5.32 Å². The third kappa shape index (κ3) is 5.04. The predicted molar refractivity (Wildman–Crippen MR) is 88.1 cm³/mol. The lowest BCUT2D eigenvalue weighted by atomic mass is 9.97. The van der Waals surface area contributed by atoms with Crippen molar-refractivity contribution in [1.29, 1.82) is 0 Å². The summed E-state index contributed by atoms with van der Waals surface area (Å²) in [6, 6.07) is 1.51. The molecular weight excluding hydrogens is 244 g/mol. The van der Waals surface area contributed by atoms with Crippen molar-refractivity contribution in [3.63, 3.8) is 0 Å². The molecule has 2 rings (SSSR count). The van der Waals surface area contributed by atoms with Gasteiger partial charge in [-0.3, -0.25) is 4.90 Å². The van der Waals surface area contributed by atoms with E-state index in [-0.39, 0.29) is 0 Å². The first-order valence-corrected chi connectivity index (χ1v) is 9.16. The summed E-state index contributed by atoms with van der Waals surface area (Å²) in [4.78, 5) is 2.79. The fraction of sp³-hybridized carbons (Fsp3) is 1.00. The van der Waals surface area contributed by atoms with Gasteiger partial charge in [0, 0.05) is 25.2 Å². The minimum absolute atomic E-state index is 0.726. The monoisotopic (exact) mass is 280 g/mol. The first kappa shape index (κ1) is 16.3. The smallest absolute Gasteiger partial charge is 0.0218 e. The highest BCUT2D eigenvalue weighted by Gasteiger charge is 2.26. The zero-order valence-corrected chi connectivity index (χ0v) is 14.0. The molecule has 1 N–H and O–H groups in total. The van der Waals surface area contributed by atoms with Crippen molar-refractivity contribution in [2.75, 3.05) is 19.6 Å². The first-order valence-electron chi connectivity index (χ1n) is 9.16. The Morgan fingerprint density at radius 3 is 2.60 bits per heavy atom. The Morgan fingerprint density at radius 2 is 1.95 bits per heavy atom. The van der Waals surface area contributed by atoms with Crippen molar-refractivity contribution in [3.05, 3.63) is 0 Å². The number of rotatable bonds is 7. The second-order valence-corrected chi connectivity index (χ2v) is 7.58. The molecule has 0 radical (unpaired) electrons. The van der Waals surface area contributed by atoms with E-state index in [1.807, 2.05) is 0 Å². The first-order chi connectivity index (χ1) is 9.69. The second-order valence-electron chi connectivity index (χ2n) is 7.58. The van der Waals surface area contributed by atoms with Crippen molar-refractivity contribution >= 4 is 0 Å². The Hall–Kier alpha value is -0.0800. The average Bonchev–Trinajstić information content (AvgIpc) is 2.91. The normalized spacial score (nSPS) is 29.4. The van der Waals surface area contributed by atoms with Gasteiger partial charge in [-0.2, -0.15) is 0 Å². The van der Waals surface area contributed by atoms with E-state index >= 15 is 0 Å². The molecule has 2 atom stereocenters. The van der Waals surface area contributed by atoms with Crippen LogP contribution in [0.5, 0.6) is 0 Å². The lowest BCUT2D eigenvalue weighted by molar-refractivity contribution is 0.115. The molecule has 1 aliphatic carbocycles. The van der Waals surface area contributed by atoms with Crippen molar-refractivity contribution < 1.29 is 0 Å². The molecule has 0 aromatic heterocycles. The summed E-state index contributed by atoms with van der Waals surface area (Å²) in [6.45, 7) is 10.9. The molecule has 2 nitrogen and oxygen atoms in total. The van der Waals surface area contributed by atoms with E-state index in [9.17, 15) is 0 Å². The zero-order valence-electron chi connectivity index (χ0n) is 14.0. The van der Waals surface area contributed by atoms with Gasteiger partial charge in [-0.05, 0) is 44.1 Å². The topological polar surface area (TPSA) is 15.3 Å². The third-order valence-electron chi connectivity index (χ3n) is 5.37. The van der Waals surface area contributed by atoms with E-state index < -0.39 is 0 Å². The summed E-state index contributed by atoms with van der Waals surface area (Å²) >= 11 is 0. The predicted octanol–water partition coefficient (Wildman–Crippen LogP) is 4.06. The van der Waals surface area contributed by atoms with Crippen LogP contribution >= 0.6 is 0 Å². The van der Waals surface area contributed by atoms with E-state index in [1.165, 1.54) is 71.0 Å². The Kier molecular flexibility index (Phi) is 6.83. The Balaban J connectivity index is 1.72. The van der Waals surface area contributed by atoms with Crippen LogP contribution < -0.4 is 5.32 Å². The van der Waals surface area contributed by atoms with Gasteiger partial charge in [-0.25, -0.2) is 0 Å². The lowest BCUT2D eigenvalue weighted by Crippen LogP contribution is -2.56. The molecule has 1 saturated heterocycles. The van der Waals surface area contributed by atoms with E-state index in [0.717, 1.165) is 23.9 Å². The Bertz CT molecular complexity index is 258. The third-order valence-corrected chi connectivity index (χ3v) is 5.37. The van der Waals surface area contributed by atoms with E-state index in [2.05, 4.69) is 31.0 Å². The number of nitrogens with one attached hydrogen (secondary N) is 1. The number of nitrogens with zero attached hydrogens (tertiary/aromatic N) is 1. The van der Waals surface area contributed by atoms with Crippen LogP contribution in [-0.4, -0.2) is 36.6 Å². The number of hydrogen-bond donors (Lipinski definition) is 1. The van der Waals surface area contributed by atoms with Gasteiger partial charge >= 0.3 is 0 Å². The highest BCUT2D eigenvalue weighted by atomic mass is 15.2. The minimum atomic E-state index is 0.726. The summed E-state index contributed by atoms with van der Waals surface area (Å²) in [6.07, 6.45) is 11.5. The van der Waals surface area contributed by atoms with E-state index in [4.69, 9.17) is 0 Å². The molecule has 1 aliphatic heterocycles. The maximum atomic E-state index is 3.77. The molecule has 2 unspecified atom stereocenters. The van der Waals surface area contributed by atoms with Gasteiger partial charge in [0.05, 0.1) is 0 Å². The van der Waals surface area contributed by atoms with Gasteiger partial charge in [-0.1, -0.05) is 46.5 Å². The van der Waals surface area contributed by atoms with E-state index in [0.29, 0.717) is 0 Å². The zero-order chi connectivity index (χ0) is 14.4.